The van der Waals surface area contributed by atoms with E-state index in [-0.39, 0.29) is 34.4 Å². The van der Waals surface area contributed by atoms with Crippen molar-refractivity contribution >= 4 is 46.5 Å². The fourth-order valence-corrected chi connectivity index (χ4v) is 4.34. The molecule has 30 heavy (non-hydrogen) atoms. The van der Waals surface area contributed by atoms with Crippen LogP contribution >= 0.6 is 23.2 Å². The van der Waals surface area contributed by atoms with Crippen molar-refractivity contribution in [3.8, 4) is 0 Å². The summed E-state index contributed by atoms with van der Waals surface area (Å²) < 4.78 is 0. The van der Waals surface area contributed by atoms with Crippen molar-refractivity contribution in [2.75, 3.05) is 25.0 Å². The third kappa shape index (κ3) is 3.68. The van der Waals surface area contributed by atoms with Gasteiger partial charge in [0, 0.05) is 47.5 Å². The van der Waals surface area contributed by atoms with Gasteiger partial charge in [0.15, 0.2) is 0 Å². The molecule has 1 atom stereocenters. The summed E-state index contributed by atoms with van der Waals surface area (Å²) >= 11 is 12.3. The number of nitrogens with zero attached hydrogens (tertiary/aromatic N) is 2. The molecule has 1 saturated heterocycles. The molecule has 1 aliphatic heterocycles. The van der Waals surface area contributed by atoms with Gasteiger partial charge >= 0.3 is 6.03 Å². The Balaban J connectivity index is 1.50. The number of benzene rings is 2. The highest BCUT2D eigenvalue weighted by Crippen LogP contribution is 2.31. The Kier molecular flexibility index (Phi) is 5.54. The summed E-state index contributed by atoms with van der Waals surface area (Å²) in [5, 5.41) is 3.31. The van der Waals surface area contributed by atoms with Gasteiger partial charge in [-0.3, -0.25) is 9.59 Å². The molecule has 0 spiro atoms. The molecule has 8 heteroatoms. The van der Waals surface area contributed by atoms with Gasteiger partial charge in [-0.25, -0.2) is 4.79 Å². The second kappa shape index (κ2) is 8.13. The third-order valence-electron chi connectivity index (χ3n) is 5.32. The molecule has 1 aliphatic carbocycles. The number of piperazine rings is 1. The Labute approximate surface area is 184 Å². The molecule has 1 unspecified atom stereocenters. The maximum Gasteiger partial charge on any atom is 0.322 e. The van der Waals surface area contributed by atoms with Gasteiger partial charge in [0.05, 0.1) is 0 Å². The zero-order valence-electron chi connectivity index (χ0n) is 16.2. The van der Waals surface area contributed by atoms with Gasteiger partial charge < -0.3 is 15.1 Å². The van der Waals surface area contributed by atoms with E-state index in [0.29, 0.717) is 41.5 Å². The second-order valence-corrected chi connectivity index (χ2v) is 8.11. The van der Waals surface area contributed by atoms with Crippen LogP contribution in [-0.2, 0) is 0 Å². The summed E-state index contributed by atoms with van der Waals surface area (Å²) in [6, 6.07) is 13.2. The first kappa shape index (κ1) is 20.4. The van der Waals surface area contributed by atoms with E-state index in [2.05, 4.69) is 5.32 Å². The number of Topliss-reactive ketones (excluding diaryl/α,β-unsaturated/α-hetero) is 2. The number of rotatable bonds is 2. The van der Waals surface area contributed by atoms with Crippen LogP contribution in [0.2, 0.25) is 5.02 Å². The van der Waals surface area contributed by atoms with E-state index in [1.807, 2.05) is 6.92 Å². The summed E-state index contributed by atoms with van der Waals surface area (Å²) in [7, 11) is 0. The highest BCUT2D eigenvalue weighted by molar-refractivity contribution is 6.49. The van der Waals surface area contributed by atoms with Crippen LogP contribution in [0.4, 0.5) is 10.5 Å². The lowest BCUT2D eigenvalue weighted by molar-refractivity contribution is 0.0889. The van der Waals surface area contributed by atoms with Gasteiger partial charge in [-0.05, 0) is 25.1 Å². The molecular weight excluding hydrogens is 425 g/mol. The van der Waals surface area contributed by atoms with Crippen molar-refractivity contribution < 1.29 is 14.4 Å². The molecule has 1 N–H and O–H groups in total. The van der Waals surface area contributed by atoms with Crippen LogP contribution in [0.25, 0.3) is 0 Å². The van der Waals surface area contributed by atoms with Gasteiger partial charge in [-0.1, -0.05) is 53.5 Å². The van der Waals surface area contributed by atoms with E-state index >= 15 is 0 Å². The zero-order chi connectivity index (χ0) is 21.4. The number of allylic oxidation sites excluding steroid dienone is 2. The minimum Gasteiger partial charge on any atom is -0.363 e. The van der Waals surface area contributed by atoms with E-state index in [0.717, 1.165) is 0 Å². The Morgan fingerprint density at radius 1 is 1.00 bits per heavy atom. The Hall–Kier alpha value is -2.83. The fraction of sp³-hybridized carbons (Fsp3) is 0.227. The highest BCUT2D eigenvalue weighted by Gasteiger charge is 2.37. The number of carbonyl (C=O) groups is 3. The summed E-state index contributed by atoms with van der Waals surface area (Å²) in [5.74, 6) is -0.616. The van der Waals surface area contributed by atoms with Gasteiger partial charge in [-0.2, -0.15) is 0 Å². The third-order valence-corrected chi connectivity index (χ3v) is 5.90. The molecule has 6 nitrogen and oxygen atoms in total. The number of anilines is 1. The van der Waals surface area contributed by atoms with E-state index < -0.39 is 0 Å². The number of hydrogen-bond acceptors (Lipinski definition) is 4. The molecule has 1 fully saturated rings. The lowest BCUT2D eigenvalue weighted by atomic mass is 9.91. The number of amides is 2. The second-order valence-electron chi connectivity index (χ2n) is 7.30. The zero-order valence-corrected chi connectivity index (χ0v) is 17.7. The van der Waals surface area contributed by atoms with Crippen LogP contribution in [0.3, 0.4) is 0 Å². The van der Waals surface area contributed by atoms with Crippen LogP contribution in [0, 0.1) is 0 Å². The number of nitrogens with one attached hydrogen (secondary N) is 1. The molecule has 0 aromatic heterocycles. The quantitative estimate of drug-likeness (QED) is 0.745. The predicted octanol–water partition coefficient (Wildman–Crippen LogP) is 4.41. The molecule has 4 rings (SSSR count). The summed E-state index contributed by atoms with van der Waals surface area (Å²) in [5.41, 5.74) is 1.50. The van der Waals surface area contributed by atoms with Crippen molar-refractivity contribution in [2.45, 2.75) is 13.0 Å². The summed E-state index contributed by atoms with van der Waals surface area (Å²) in [4.78, 5) is 41.9. The number of fused-ring (bicyclic) bond motifs is 1. The first-order chi connectivity index (χ1) is 14.4. The van der Waals surface area contributed by atoms with Crippen LogP contribution in [0.1, 0.15) is 27.6 Å². The first-order valence-corrected chi connectivity index (χ1v) is 10.3. The first-order valence-electron chi connectivity index (χ1n) is 9.53. The number of halogens is 2. The van der Waals surface area contributed by atoms with Gasteiger partial charge in [-0.15, -0.1) is 0 Å². The summed E-state index contributed by atoms with van der Waals surface area (Å²) in [6.45, 7) is 3.04. The van der Waals surface area contributed by atoms with Crippen molar-refractivity contribution in [1.29, 1.82) is 0 Å². The normalized spacial score (nSPS) is 19.1. The largest absolute Gasteiger partial charge is 0.363 e. The smallest absolute Gasteiger partial charge is 0.322 e. The van der Waals surface area contributed by atoms with Crippen LogP contribution in [0.5, 0.6) is 0 Å². The monoisotopic (exact) mass is 443 g/mol. The van der Waals surface area contributed by atoms with Gasteiger partial charge in [0.25, 0.3) is 0 Å². The van der Waals surface area contributed by atoms with Crippen molar-refractivity contribution in [3.05, 3.63) is 75.4 Å². The Bertz CT molecular complexity index is 1080. The van der Waals surface area contributed by atoms with Crippen LogP contribution in [0.15, 0.2) is 59.3 Å². The topological polar surface area (TPSA) is 69.7 Å². The van der Waals surface area contributed by atoms with Crippen LogP contribution < -0.4 is 5.32 Å². The van der Waals surface area contributed by atoms with Gasteiger partial charge in [0.1, 0.15) is 10.7 Å². The SMILES string of the molecule is CC1CN(C2=C(Cl)C(=O)c3ccccc3C2=O)CCN1C(=O)Nc1cccc(Cl)c1. The Morgan fingerprint density at radius 2 is 1.70 bits per heavy atom. The molecule has 1 heterocycles. The average Bonchev–Trinajstić information content (AvgIpc) is 2.72. The number of urea groups is 1. The van der Waals surface area contributed by atoms with Crippen molar-refractivity contribution in [2.24, 2.45) is 0 Å². The lowest BCUT2D eigenvalue weighted by Crippen LogP contribution is -2.55. The van der Waals surface area contributed by atoms with Crippen molar-refractivity contribution in [3.63, 3.8) is 0 Å². The molecule has 0 saturated carbocycles. The molecule has 2 amide bonds. The maximum atomic E-state index is 13.0. The minimum atomic E-state index is -0.351. The number of carbonyl (C=O) groups excluding carboxylic acids is 3. The van der Waals surface area contributed by atoms with E-state index in [4.69, 9.17) is 23.2 Å². The standard InChI is InChI=1S/C22H19Cl2N3O3/c1-13-12-26(9-10-27(13)22(30)25-15-6-4-5-14(23)11-15)19-18(24)20(28)16-7-2-3-8-17(16)21(19)29/h2-8,11,13H,9-10,12H2,1H3,(H,25,30). The number of ketones is 2. The predicted molar refractivity (Wildman–Crippen MR) is 116 cm³/mol. The molecule has 0 bridgehead atoms. The van der Waals surface area contributed by atoms with Crippen molar-refractivity contribution in [1.82, 2.24) is 9.80 Å². The van der Waals surface area contributed by atoms with E-state index in [9.17, 15) is 14.4 Å². The van der Waals surface area contributed by atoms with Crippen LogP contribution in [-0.4, -0.2) is 53.1 Å². The van der Waals surface area contributed by atoms with E-state index in [1.165, 1.54) is 0 Å². The molecule has 2 aromatic carbocycles. The molecule has 2 aliphatic rings. The average molecular weight is 444 g/mol. The molecule has 154 valence electrons. The van der Waals surface area contributed by atoms with Gasteiger partial charge in [0.2, 0.25) is 11.6 Å². The minimum absolute atomic E-state index is 0.0669. The lowest BCUT2D eigenvalue weighted by Gasteiger charge is -2.42. The molecule has 0 radical (unpaired) electrons. The maximum absolute atomic E-state index is 13.0. The molecular formula is C22H19Cl2N3O3. The molecule has 2 aromatic rings. The fourth-order valence-electron chi connectivity index (χ4n) is 3.84. The highest BCUT2D eigenvalue weighted by atomic mass is 35.5. The Morgan fingerprint density at radius 3 is 2.37 bits per heavy atom. The number of hydrogen-bond donors (Lipinski definition) is 1. The van der Waals surface area contributed by atoms with E-state index in [1.54, 1.807) is 58.3 Å². The summed E-state index contributed by atoms with van der Waals surface area (Å²) in [6.07, 6.45) is 0.